The van der Waals surface area contributed by atoms with Gasteiger partial charge < -0.3 is 5.32 Å². The molecule has 0 saturated carbocycles. The molecule has 1 aliphatic rings. The highest BCUT2D eigenvalue weighted by molar-refractivity contribution is 6.31. The molecule has 1 aromatic rings. The van der Waals surface area contributed by atoms with Gasteiger partial charge in [-0.15, -0.1) is 0 Å². The number of amides is 1. The molecule has 0 spiro atoms. The number of likely N-dealkylation sites (N-methyl/N-ethyl adjacent to an activating group) is 1. The molecule has 0 aliphatic carbocycles. The molecule has 20 heavy (non-hydrogen) atoms. The highest BCUT2D eigenvalue weighted by atomic mass is 35.5. The van der Waals surface area contributed by atoms with Crippen molar-refractivity contribution < 1.29 is 9.59 Å². The molecule has 1 N–H and O–H groups in total. The van der Waals surface area contributed by atoms with Crippen LogP contribution in [0, 0.1) is 0 Å². The van der Waals surface area contributed by atoms with Crippen LogP contribution in [0.4, 0.5) is 0 Å². The molecule has 4 nitrogen and oxygen atoms in total. The van der Waals surface area contributed by atoms with Crippen LogP contribution in [0.1, 0.15) is 30.1 Å². The molecule has 2 unspecified atom stereocenters. The maximum atomic E-state index is 12.5. The zero-order valence-corrected chi connectivity index (χ0v) is 12.5. The summed E-state index contributed by atoms with van der Waals surface area (Å²) < 4.78 is 0. The third-order valence-corrected chi connectivity index (χ3v) is 4.06. The van der Waals surface area contributed by atoms with Crippen molar-refractivity contribution in [1.29, 1.82) is 0 Å². The van der Waals surface area contributed by atoms with Crippen molar-refractivity contribution in [3.05, 3.63) is 34.9 Å². The van der Waals surface area contributed by atoms with E-state index in [-0.39, 0.29) is 23.8 Å². The highest BCUT2D eigenvalue weighted by Gasteiger charge is 2.36. The lowest BCUT2D eigenvalue weighted by Crippen LogP contribution is -2.48. The van der Waals surface area contributed by atoms with Gasteiger partial charge in [0.25, 0.3) is 0 Å². The Morgan fingerprint density at radius 1 is 1.45 bits per heavy atom. The molecule has 108 valence electrons. The number of rotatable bonds is 4. The summed E-state index contributed by atoms with van der Waals surface area (Å²) in [4.78, 5) is 26.3. The van der Waals surface area contributed by atoms with Gasteiger partial charge in [0.05, 0.1) is 12.1 Å². The first-order valence-corrected chi connectivity index (χ1v) is 7.19. The van der Waals surface area contributed by atoms with Crippen LogP contribution in [0.25, 0.3) is 0 Å². The minimum atomic E-state index is -0.321. The summed E-state index contributed by atoms with van der Waals surface area (Å²) in [6.07, 6.45) is 1.73. The lowest BCUT2D eigenvalue weighted by atomic mass is 10.0. The topological polar surface area (TPSA) is 49.4 Å². The third-order valence-electron chi connectivity index (χ3n) is 3.83. The number of likely N-dealkylation sites (tertiary alicyclic amines) is 1. The smallest absolute Gasteiger partial charge is 0.237 e. The van der Waals surface area contributed by atoms with Crippen molar-refractivity contribution in [2.75, 3.05) is 13.6 Å². The zero-order chi connectivity index (χ0) is 14.7. The monoisotopic (exact) mass is 294 g/mol. The average molecular weight is 295 g/mol. The second kappa shape index (κ2) is 6.37. The fraction of sp³-hybridized carbons (Fsp3) is 0.467. The molecule has 0 radical (unpaired) electrons. The Hall–Kier alpha value is -1.39. The number of nitrogens with zero attached hydrogens (tertiary/aromatic N) is 1. The number of benzene rings is 1. The fourth-order valence-electron chi connectivity index (χ4n) is 2.73. The van der Waals surface area contributed by atoms with E-state index in [1.165, 1.54) is 0 Å². The van der Waals surface area contributed by atoms with E-state index in [2.05, 4.69) is 5.32 Å². The van der Waals surface area contributed by atoms with Crippen molar-refractivity contribution in [2.24, 2.45) is 0 Å². The van der Waals surface area contributed by atoms with Crippen molar-refractivity contribution in [3.63, 3.8) is 0 Å². The summed E-state index contributed by atoms with van der Waals surface area (Å²) in [5.74, 6) is -0.0171. The van der Waals surface area contributed by atoms with E-state index < -0.39 is 0 Å². The Morgan fingerprint density at radius 3 is 2.85 bits per heavy atom. The van der Waals surface area contributed by atoms with Crippen molar-refractivity contribution >= 4 is 23.3 Å². The van der Waals surface area contributed by atoms with E-state index >= 15 is 0 Å². The van der Waals surface area contributed by atoms with E-state index in [4.69, 9.17) is 11.6 Å². The van der Waals surface area contributed by atoms with Gasteiger partial charge in [-0.2, -0.15) is 0 Å². The lowest BCUT2D eigenvalue weighted by Gasteiger charge is -2.28. The fourth-order valence-corrected chi connectivity index (χ4v) is 2.92. The maximum Gasteiger partial charge on any atom is 0.237 e. The first kappa shape index (κ1) is 15.0. The number of halogens is 1. The Balaban J connectivity index is 2.16. The van der Waals surface area contributed by atoms with Gasteiger partial charge in [-0.3, -0.25) is 14.5 Å². The van der Waals surface area contributed by atoms with Crippen molar-refractivity contribution in [3.8, 4) is 0 Å². The summed E-state index contributed by atoms with van der Waals surface area (Å²) in [5.41, 5.74) is 0.590. The van der Waals surface area contributed by atoms with Crippen LogP contribution >= 0.6 is 11.6 Å². The van der Waals surface area contributed by atoms with Crippen LogP contribution in [-0.2, 0) is 4.79 Å². The number of ketones is 1. The number of carbonyl (C=O) groups excluding carboxylic acids is 2. The normalized spacial score (nSPS) is 20.6. The Morgan fingerprint density at radius 2 is 2.20 bits per heavy atom. The standard InChI is InChI=1S/C15H19ClN2O2/c1-10(14(19)11-5-3-6-12(16)9-11)18-8-4-7-13(18)15(20)17-2/h3,5-6,9-10,13H,4,7-8H2,1-2H3,(H,17,20). The van der Waals surface area contributed by atoms with Crippen molar-refractivity contribution in [2.45, 2.75) is 31.8 Å². The molecule has 1 amide bonds. The number of Topliss-reactive ketones (excluding diaryl/α,β-unsaturated/α-hetero) is 1. The lowest BCUT2D eigenvalue weighted by molar-refractivity contribution is -0.125. The molecule has 2 atom stereocenters. The molecular weight excluding hydrogens is 276 g/mol. The highest BCUT2D eigenvalue weighted by Crippen LogP contribution is 2.23. The summed E-state index contributed by atoms with van der Waals surface area (Å²) in [5, 5.41) is 3.22. The van der Waals surface area contributed by atoms with Gasteiger partial charge in [-0.1, -0.05) is 23.7 Å². The van der Waals surface area contributed by atoms with Crippen LogP contribution in [0.2, 0.25) is 5.02 Å². The minimum Gasteiger partial charge on any atom is -0.358 e. The molecule has 1 fully saturated rings. The molecule has 0 bridgehead atoms. The van der Waals surface area contributed by atoms with Gasteiger partial charge in [0.15, 0.2) is 5.78 Å². The van der Waals surface area contributed by atoms with E-state index in [0.29, 0.717) is 10.6 Å². The molecule has 2 rings (SSSR count). The summed E-state index contributed by atoms with van der Waals surface area (Å²) in [7, 11) is 1.63. The quantitative estimate of drug-likeness (QED) is 0.866. The van der Waals surface area contributed by atoms with E-state index in [1.54, 1.807) is 31.3 Å². The molecule has 1 aromatic carbocycles. The third kappa shape index (κ3) is 3.02. The predicted octanol–water partition coefficient (Wildman–Crippen LogP) is 2.12. The Labute approximate surface area is 124 Å². The van der Waals surface area contributed by atoms with Gasteiger partial charge in [0, 0.05) is 17.6 Å². The van der Waals surface area contributed by atoms with Crippen LogP contribution in [0.15, 0.2) is 24.3 Å². The Bertz CT molecular complexity index is 518. The van der Waals surface area contributed by atoms with Gasteiger partial charge in [0.1, 0.15) is 0 Å². The second-order valence-electron chi connectivity index (χ2n) is 5.06. The first-order valence-electron chi connectivity index (χ1n) is 6.81. The molecular formula is C15H19ClN2O2. The number of nitrogens with one attached hydrogen (secondary N) is 1. The van der Waals surface area contributed by atoms with Crippen LogP contribution in [0.5, 0.6) is 0 Å². The second-order valence-corrected chi connectivity index (χ2v) is 5.50. The number of hydrogen-bond donors (Lipinski definition) is 1. The average Bonchev–Trinajstić information content (AvgIpc) is 2.94. The van der Waals surface area contributed by atoms with Gasteiger partial charge in [-0.05, 0) is 38.4 Å². The molecule has 0 aromatic heterocycles. The molecule has 5 heteroatoms. The van der Waals surface area contributed by atoms with Crippen molar-refractivity contribution in [1.82, 2.24) is 10.2 Å². The molecule has 1 saturated heterocycles. The number of hydrogen-bond acceptors (Lipinski definition) is 3. The molecule has 1 heterocycles. The Kier molecular flexibility index (Phi) is 4.78. The summed E-state index contributed by atoms with van der Waals surface area (Å²) in [6.45, 7) is 2.62. The minimum absolute atomic E-state index is 0.00306. The SMILES string of the molecule is CNC(=O)C1CCCN1C(C)C(=O)c1cccc(Cl)c1. The van der Waals surface area contributed by atoms with Gasteiger partial charge in [-0.25, -0.2) is 0 Å². The van der Waals surface area contributed by atoms with Crippen LogP contribution < -0.4 is 5.32 Å². The van der Waals surface area contributed by atoms with E-state index in [9.17, 15) is 9.59 Å². The summed E-state index contributed by atoms with van der Waals surface area (Å²) in [6, 6.07) is 6.41. The largest absolute Gasteiger partial charge is 0.358 e. The van der Waals surface area contributed by atoms with Gasteiger partial charge in [0.2, 0.25) is 5.91 Å². The van der Waals surface area contributed by atoms with Gasteiger partial charge >= 0.3 is 0 Å². The zero-order valence-electron chi connectivity index (χ0n) is 11.7. The number of carbonyl (C=O) groups is 2. The van der Waals surface area contributed by atoms with E-state index in [1.807, 2.05) is 11.8 Å². The van der Waals surface area contributed by atoms with Crippen LogP contribution in [-0.4, -0.2) is 42.3 Å². The molecule has 1 aliphatic heterocycles. The first-order chi connectivity index (χ1) is 9.54. The van der Waals surface area contributed by atoms with E-state index in [0.717, 1.165) is 19.4 Å². The maximum absolute atomic E-state index is 12.5. The predicted molar refractivity (Wildman–Crippen MR) is 79.0 cm³/mol. The summed E-state index contributed by atoms with van der Waals surface area (Å²) >= 11 is 5.92. The van der Waals surface area contributed by atoms with Crippen LogP contribution in [0.3, 0.4) is 0 Å².